The van der Waals surface area contributed by atoms with Crippen LogP contribution in [-0.2, 0) is 19.4 Å². The van der Waals surface area contributed by atoms with Gasteiger partial charge >= 0.3 is 0 Å². The van der Waals surface area contributed by atoms with Crippen molar-refractivity contribution in [3.8, 4) is 5.69 Å². The summed E-state index contributed by atoms with van der Waals surface area (Å²) in [4.78, 5) is 15.1. The molecule has 1 aliphatic carbocycles. The molecule has 4 rings (SSSR count). The maximum absolute atomic E-state index is 13.0. The Morgan fingerprint density at radius 2 is 2.10 bits per heavy atom. The van der Waals surface area contributed by atoms with Gasteiger partial charge in [0.15, 0.2) is 5.69 Å². The van der Waals surface area contributed by atoms with E-state index in [-0.39, 0.29) is 5.91 Å². The normalized spacial score (nSPS) is 13.5. The molecule has 29 heavy (non-hydrogen) atoms. The van der Waals surface area contributed by atoms with Crippen LogP contribution in [0.4, 0.5) is 5.69 Å². The smallest absolute Gasteiger partial charge is 0.276 e. The van der Waals surface area contributed by atoms with Gasteiger partial charge in [-0.3, -0.25) is 9.48 Å². The first kappa shape index (κ1) is 19.8. The van der Waals surface area contributed by atoms with Crippen LogP contribution in [-0.4, -0.2) is 51.0 Å². The highest BCUT2D eigenvalue weighted by atomic mass is 79.9. The number of likely N-dealkylation sites (N-methyl/N-ethyl adjacent to an activating group) is 1. The molecule has 0 atom stereocenters. The second-order valence-electron chi connectivity index (χ2n) is 7.62. The van der Waals surface area contributed by atoms with Gasteiger partial charge in [0.2, 0.25) is 0 Å². The van der Waals surface area contributed by atoms with Gasteiger partial charge in [0.1, 0.15) is 0 Å². The lowest BCUT2D eigenvalue weighted by molar-refractivity contribution is 0.102. The van der Waals surface area contributed by atoms with Crippen LogP contribution in [0.25, 0.3) is 5.69 Å². The van der Waals surface area contributed by atoms with E-state index >= 15 is 0 Å². The van der Waals surface area contributed by atoms with Crippen molar-refractivity contribution in [3.05, 3.63) is 58.1 Å². The summed E-state index contributed by atoms with van der Waals surface area (Å²) in [6.07, 6.45) is 7.57. The van der Waals surface area contributed by atoms with Gasteiger partial charge in [-0.2, -0.15) is 10.2 Å². The van der Waals surface area contributed by atoms with Crippen molar-refractivity contribution in [2.45, 2.75) is 32.2 Å². The number of halogens is 1. The van der Waals surface area contributed by atoms with Crippen LogP contribution >= 0.6 is 15.9 Å². The third-order valence-corrected chi connectivity index (χ3v) is 5.61. The number of carbonyl (C=O) groups is 1. The fourth-order valence-electron chi connectivity index (χ4n) is 3.65. The Hall–Kier alpha value is -2.45. The predicted octanol–water partition coefficient (Wildman–Crippen LogP) is 3.52. The third-order valence-electron chi connectivity index (χ3n) is 5.12. The Morgan fingerprint density at radius 3 is 2.90 bits per heavy atom. The molecule has 0 unspecified atom stereocenters. The molecule has 0 bridgehead atoms. The van der Waals surface area contributed by atoms with Crippen LogP contribution in [0.2, 0.25) is 0 Å². The average molecular weight is 457 g/mol. The number of carbonyl (C=O) groups excluding carboxylic acids is 1. The maximum atomic E-state index is 13.0. The number of nitrogens with one attached hydrogen (secondary N) is 1. The van der Waals surface area contributed by atoms with Gasteiger partial charge in [-0.1, -0.05) is 22.0 Å². The molecule has 0 saturated heterocycles. The minimum atomic E-state index is -0.177. The third kappa shape index (κ3) is 4.43. The molecule has 0 radical (unpaired) electrons. The van der Waals surface area contributed by atoms with Crippen LogP contribution < -0.4 is 5.32 Å². The van der Waals surface area contributed by atoms with Crippen molar-refractivity contribution in [1.29, 1.82) is 0 Å². The Balaban J connectivity index is 1.59. The predicted molar refractivity (Wildman–Crippen MR) is 117 cm³/mol. The summed E-state index contributed by atoms with van der Waals surface area (Å²) in [6.45, 7) is 1.66. The van der Waals surface area contributed by atoms with Gasteiger partial charge < -0.3 is 10.2 Å². The summed E-state index contributed by atoms with van der Waals surface area (Å²) in [5.74, 6) is -0.177. The summed E-state index contributed by atoms with van der Waals surface area (Å²) in [5.41, 5.74) is 4.37. The molecule has 1 aromatic carbocycles. The lowest BCUT2D eigenvalue weighted by atomic mass is 9.95. The van der Waals surface area contributed by atoms with Crippen LogP contribution in [0.1, 0.15) is 34.6 Å². The molecule has 2 heterocycles. The monoisotopic (exact) mass is 456 g/mol. The maximum Gasteiger partial charge on any atom is 0.276 e. The first-order valence-corrected chi connectivity index (χ1v) is 10.7. The zero-order valence-corrected chi connectivity index (χ0v) is 18.3. The summed E-state index contributed by atoms with van der Waals surface area (Å²) in [7, 11) is 4.05. The summed E-state index contributed by atoms with van der Waals surface area (Å²) in [6, 6.07) is 8.01. The van der Waals surface area contributed by atoms with Gasteiger partial charge in [-0.25, -0.2) is 4.68 Å². The molecule has 1 aliphatic rings. The van der Waals surface area contributed by atoms with Gasteiger partial charge in [0.25, 0.3) is 5.91 Å². The van der Waals surface area contributed by atoms with E-state index in [0.29, 0.717) is 11.4 Å². The number of hydrogen-bond donors (Lipinski definition) is 1. The number of aromatic nitrogens is 4. The zero-order valence-electron chi connectivity index (χ0n) is 16.7. The topological polar surface area (TPSA) is 68.0 Å². The Kier molecular flexibility index (Phi) is 5.82. The molecule has 152 valence electrons. The highest BCUT2D eigenvalue weighted by Crippen LogP contribution is 2.28. The molecular weight excluding hydrogens is 432 g/mol. The molecule has 7 nitrogen and oxygen atoms in total. The van der Waals surface area contributed by atoms with E-state index in [9.17, 15) is 4.79 Å². The molecule has 0 fully saturated rings. The summed E-state index contributed by atoms with van der Waals surface area (Å²) in [5, 5.41) is 12.0. The van der Waals surface area contributed by atoms with Crippen molar-refractivity contribution in [1.82, 2.24) is 24.5 Å². The number of nitrogens with zero attached hydrogens (tertiary/aromatic N) is 5. The Morgan fingerprint density at radius 1 is 1.28 bits per heavy atom. The minimum Gasteiger partial charge on any atom is -0.318 e. The van der Waals surface area contributed by atoms with E-state index in [1.807, 2.05) is 53.9 Å². The second kappa shape index (κ2) is 8.51. The molecule has 0 spiro atoms. The number of amides is 1. The number of hydrogen-bond acceptors (Lipinski definition) is 4. The summed E-state index contributed by atoms with van der Waals surface area (Å²) >= 11 is 3.53. The fourth-order valence-corrected chi connectivity index (χ4v) is 4.03. The van der Waals surface area contributed by atoms with Gasteiger partial charge in [0.05, 0.1) is 24.1 Å². The summed E-state index contributed by atoms with van der Waals surface area (Å²) < 4.78 is 4.76. The first-order chi connectivity index (χ1) is 14.0. The minimum absolute atomic E-state index is 0.177. The van der Waals surface area contributed by atoms with E-state index in [0.717, 1.165) is 60.2 Å². The van der Waals surface area contributed by atoms with Crippen LogP contribution in [0.5, 0.6) is 0 Å². The highest BCUT2D eigenvalue weighted by molar-refractivity contribution is 9.10. The molecule has 0 saturated carbocycles. The van der Waals surface area contributed by atoms with E-state index in [1.165, 1.54) is 0 Å². The molecule has 0 aliphatic heterocycles. The highest BCUT2D eigenvalue weighted by Gasteiger charge is 2.26. The molecular formula is C21H25BrN6O. The van der Waals surface area contributed by atoms with Crippen molar-refractivity contribution in [2.75, 3.05) is 26.0 Å². The average Bonchev–Trinajstić information content (AvgIpc) is 3.31. The molecule has 8 heteroatoms. The van der Waals surface area contributed by atoms with Crippen molar-refractivity contribution in [2.24, 2.45) is 0 Å². The molecule has 1 N–H and O–H groups in total. The molecule has 3 aromatic rings. The van der Waals surface area contributed by atoms with Gasteiger partial charge in [0, 0.05) is 28.5 Å². The largest absolute Gasteiger partial charge is 0.318 e. The SMILES string of the molecule is CN(C)CCn1cc(NC(=O)c2nn(-c3cccc(Br)c3)c3c2CCCC3)cn1. The first-order valence-electron chi connectivity index (χ1n) is 9.86. The number of benzene rings is 1. The van der Waals surface area contributed by atoms with E-state index in [1.54, 1.807) is 6.20 Å². The van der Waals surface area contributed by atoms with E-state index in [4.69, 9.17) is 5.10 Å². The van der Waals surface area contributed by atoms with Crippen LogP contribution in [0.15, 0.2) is 41.1 Å². The van der Waals surface area contributed by atoms with Crippen molar-refractivity contribution >= 4 is 27.5 Å². The fraction of sp³-hybridized carbons (Fsp3) is 0.381. The standard InChI is InChI=1S/C21H25BrN6O/c1-26(2)10-11-27-14-16(13-23-27)24-21(29)20-18-8-3-4-9-19(18)28(25-20)17-7-5-6-15(22)12-17/h5-7,12-14H,3-4,8-11H2,1-2H3,(H,24,29). The number of rotatable bonds is 6. The molecule has 2 aromatic heterocycles. The molecule has 1 amide bonds. The zero-order chi connectivity index (χ0) is 20.4. The van der Waals surface area contributed by atoms with Gasteiger partial charge in [-0.15, -0.1) is 0 Å². The Bertz CT molecular complexity index is 1020. The number of anilines is 1. The van der Waals surface area contributed by atoms with Gasteiger partial charge in [-0.05, 0) is 58.0 Å². The van der Waals surface area contributed by atoms with Crippen LogP contribution in [0, 0.1) is 0 Å². The Labute approximate surface area is 178 Å². The van der Waals surface area contributed by atoms with Crippen molar-refractivity contribution < 1.29 is 4.79 Å². The van der Waals surface area contributed by atoms with E-state index in [2.05, 4.69) is 31.2 Å². The van der Waals surface area contributed by atoms with Crippen LogP contribution in [0.3, 0.4) is 0 Å². The quantitative estimate of drug-likeness (QED) is 0.615. The lowest BCUT2D eigenvalue weighted by Gasteiger charge is -2.14. The lowest BCUT2D eigenvalue weighted by Crippen LogP contribution is -2.18. The van der Waals surface area contributed by atoms with Crippen molar-refractivity contribution in [3.63, 3.8) is 0 Å². The van der Waals surface area contributed by atoms with E-state index < -0.39 is 0 Å². The second-order valence-corrected chi connectivity index (χ2v) is 8.54. The number of fused-ring (bicyclic) bond motifs is 1.